The first-order chi connectivity index (χ1) is 5.25. The maximum Gasteiger partial charge on any atom is 0.0912 e. The average molecular weight is 275 g/mol. The summed E-state index contributed by atoms with van der Waals surface area (Å²) in [5, 5.41) is 1.94. The summed E-state index contributed by atoms with van der Waals surface area (Å²) in [6.45, 7) is -0.356. The molecule has 0 saturated carbocycles. The van der Waals surface area contributed by atoms with Crippen LogP contribution >= 0.6 is 39.7 Å². The Morgan fingerprint density at radius 3 is 2.75 bits per heavy atom. The van der Waals surface area contributed by atoms with E-state index in [0.29, 0.717) is 6.42 Å². The third-order valence-corrected chi connectivity index (χ3v) is 3.40. The zero-order chi connectivity index (χ0) is 8.27. The van der Waals surface area contributed by atoms with E-state index in [-0.39, 0.29) is 25.1 Å². The van der Waals surface area contributed by atoms with Gasteiger partial charge in [-0.1, -0.05) is 0 Å². The van der Waals surface area contributed by atoms with E-state index < -0.39 is 0 Å². The lowest BCUT2D eigenvalue weighted by atomic mass is 10.2. The molecule has 5 heteroatoms. The van der Waals surface area contributed by atoms with Crippen LogP contribution in [0.1, 0.15) is 17.3 Å². The first-order valence-corrected chi connectivity index (χ1v) is 4.97. The van der Waals surface area contributed by atoms with Crippen molar-refractivity contribution in [2.45, 2.75) is 12.5 Å². The minimum Gasteiger partial charge on any atom is -0.323 e. The fourth-order valence-corrected chi connectivity index (χ4v) is 2.52. The van der Waals surface area contributed by atoms with Crippen LogP contribution in [0.15, 0.2) is 15.9 Å². The van der Waals surface area contributed by atoms with E-state index in [1.54, 1.807) is 11.3 Å². The fourth-order valence-electron chi connectivity index (χ4n) is 0.819. The molecule has 0 saturated heterocycles. The van der Waals surface area contributed by atoms with Crippen molar-refractivity contribution in [1.82, 2.24) is 0 Å². The van der Waals surface area contributed by atoms with Gasteiger partial charge in [-0.25, -0.2) is 0 Å². The highest BCUT2D eigenvalue weighted by atomic mass is 79.9. The highest BCUT2D eigenvalue weighted by molar-refractivity contribution is 9.10. The molecule has 0 spiro atoms. The highest BCUT2D eigenvalue weighted by Crippen LogP contribution is 2.29. The number of hydrogen-bond acceptors (Lipinski definition) is 2. The van der Waals surface area contributed by atoms with E-state index in [1.165, 1.54) is 0 Å². The molecule has 0 aliphatic carbocycles. The third kappa shape index (κ3) is 3.01. The van der Waals surface area contributed by atoms with E-state index >= 15 is 0 Å². The van der Waals surface area contributed by atoms with Crippen LogP contribution in [-0.2, 0) is 0 Å². The Morgan fingerprint density at radius 2 is 2.33 bits per heavy atom. The van der Waals surface area contributed by atoms with Gasteiger partial charge < -0.3 is 5.73 Å². The van der Waals surface area contributed by atoms with Gasteiger partial charge in [0.05, 0.1) is 6.67 Å². The fraction of sp³-hybridized carbons (Fsp3) is 0.429. The van der Waals surface area contributed by atoms with Crippen molar-refractivity contribution in [2.75, 3.05) is 6.67 Å². The minimum absolute atomic E-state index is 0. The molecular weight excluding hydrogens is 265 g/mol. The summed E-state index contributed by atoms with van der Waals surface area (Å²) < 4.78 is 12.9. The number of halogens is 3. The largest absolute Gasteiger partial charge is 0.323 e. The van der Waals surface area contributed by atoms with Gasteiger partial charge in [-0.2, -0.15) is 0 Å². The summed E-state index contributed by atoms with van der Waals surface area (Å²) in [7, 11) is 0. The van der Waals surface area contributed by atoms with E-state index in [2.05, 4.69) is 15.9 Å². The molecule has 0 radical (unpaired) electrons. The van der Waals surface area contributed by atoms with E-state index in [9.17, 15) is 4.39 Å². The molecule has 2 N–H and O–H groups in total. The van der Waals surface area contributed by atoms with Crippen LogP contribution in [0.3, 0.4) is 0 Å². The lowest BCUT2D eigenvalue weighted by Gasteiger charge is -2.06. The van der Waals surface area contributed by atoms with Crippen molar-refractivity contribution in [3.05, 3.63) is 20.8 Å². The summed E-state index contributed by atoms with van der Waals surface area (Å²) in [6.07, 6.45) is 0.402. The van der Waals surface area contributed by atoms with Gasteiger partial charge >= 0.3 is 0 Å². The maximum absolute atomic E-state index is 11.9. The summed E-state index contributed by atoms with van der Waals surface area (Å²) in [5.41, 5.74) is 5.69. The van der Waals surface area contributed by atoms with Gasteiger partial charge in [0.2, 0.25) is 0 Å². The van der Waals surface area contributed by atoms with Gasteiger partial charge in [-0.05, 0) is 33.8 Å². The van der Waals surface area contributed by atoms with Gasteiger partial charge in [-0.15, -0.1) is 23.7 Å². The molecule has 0 fully saturated rings. The third-order valence-electron chi connectivity index (χ3n) is 1.40. The molecule has 1 atom stereocenters. The summed E-state index contributed by atoms with van der Waals surface area (Å²) >= 11 is 4.90. The summed E-state index contributed by atoms with van der Waals surface area (Å²) in [4.78, 5) is 1.03. The van der Waals surface area contributed by atoms with Crippen molar-refractivity contribution in [1.29, 1.82) is 0 Å². The number of nitrogens with two attached hydrogens (primary N) is 1. The van der Waals surface area contributed by atoms with Crippen LogP contribution in [0.5, 0.6) is 0 Å². The quantitative estimate of drug-likeness (QED) is 0.899. The number of thiophene rings is 1. The molecule has 0 unspecified atom stereocenters. The molecule has 1 rings (SSSR count). The summed E-state index contributed by atoms with van der Waals surface area (Å²) in [6, 6.07) is 1.77. The molecule has 70 valence electrons. The Kier molecular flexibility index (Phi) is 6.09. The van der Waals surface area contributed by atoms with Crippen molar-refractivity contribution < 1.29 is 4.39 Å². The number of rotatable bonds is 3. The standard InChI is InChI=1S/C7H9BrFNS.ClH/c8-5-2-4-11-7(5)6(10)1-3-9;/h2,4,6H,1,3,10H2;1H/t6-;/m1./s1. The van der Waals surface area contributed by atoms with Crippen molar-refractivity contribution in [3.8, 4) is 0 Å². The molecule has 1 aromatic rings. The number of hydrogen-bond donors (Lipinski definition) is 1. The van der Waals surface area contributed by atoms with Crippen LogP contribution in [0.4, 0.5) is 4.39 Å². The SMILES string of the molecule is Cl.N[C@H](CCF)c1sccc1Br. The van der Waals surface area contributed by atoms with Gasteiger partial charge in [-0.3, -0.25) is 4.39 Å². The van der Waals surface area contributed by atoms with E-state index in [0.717, 1.165) is 9.35 Å². The normalized spacial score (nSPS) is 12.2. The first-order valence-electron chi connectivity index (χ1n) is 3.30. The zero-order valence-electron chi connectivity index (χ0n) is 6.30. The Hall–Kier alpha value is 0.360. The molecule has 12 heavy (non-hydrogen) atoms. The Labute approximate surface area is 89.7 Å². The highest BCUT2D eigenvalue weighted by Gasteiger charge is 2.10. The van der Waals surface area contributed by atoms with Crippen molar-refractivity contribution >= 4 is 39.7 Å². The maximum atomic E-state index is 11.9. The number of alkyl halides is 1. The predicted octanol–water partition coefficient (Wildman–Crippen LogP) is 3.29. The molecule has 0 aromatic carbocycles. The van der Waals surface area contributed by atoms with Crippen LogP contribution in [-0.4, -0.2) is 6.67 Å². The lowest BCUT2D eigenvalue weighted by molar-refractivity contribution is 0.443. The lowest BCUT2D eigenvalue weighted by Crippen LogP contribution is -2.09. The Bertz CT molecular complexity index is 231. The topological polar surface area (TPSA) is 26.0 Å². The molecule has 1 nitrogen and oxygen atoms in total. The Morgan fingerprint density at radius 1 is 1.67 bits per heavy atom. The summed E-state index contributed by atoms with van der Waals surface area (Å²) in [5.74, 6) is 0. The van der Waals surface area contributed by atoms with Crippen LogP contribution in [0, 0.1) is 0 Å². The molecule has 1 aromatic heterocycles. The first kappa shape index (κ1) is 12.4. The average Bonchev–Trinajstić information content (AvgIpc) is 2.36. The minimum atomic E-state index is -0.356. The monoisotopic (exact) mass is 273 g/mol. The van der Waals surface area contributed by atoms with Crippen LogP contribution in [0.25, 0.3) is 0 Å². The molecule has 0 aliphatic heterocycles. The van der Waals surface area contributed by atoms with Gasteiger partial charge in [0.1, 0.15) is 0 Å². The van der Waals surface area contributed by atoms with Crippen molar-refractivity contribution in [3.63, 3.8) is 0 Å². The van der Waals surface area contributed by atoms with E-state index in [1.807, 2.05) is 11.4 Å². The van der Waals surface area contributed by atoms with Gasteiger partial charge in [0, 0.05) is 15.4 Å². The van der Waals surface area contributed by atoms with Crippen LogP contribution < -0.4 is 5.73 Å². The second-order valence-corrected chi connectivity index (χ2v) is 4.02. The molecule has 0 aliphatic rings. The van der Waals surface area contributed by atoms with Crippen molar-refractivity contribution in [2.24, 2.45) is 5.73 Å². The zero-order valence-corrected chi connectivity index (χ0v) is 9.52. The van der Waals surface area contributed by atoms with E-state index in [4.69, 9.17) is 5.73 Å². The molecule has 0 amide bonds. The smallest absolute Gasteiger partial charge is 0.0912 e. The van der Waals surface area contributed by atoms with Crippen LogP contribution in [0.2, 0.25) is 0 Å². The molecule has 1 heterocycles. The second-order valence-electron chi connectivity index (χ2n) is 2.22. The molecule has 0 bridgehead atoms. The van der Waals surface area contributed by atoms with Gasteiger partial charge in [0.25, 0.3) is 0 Å². The predicted molar refractivity (Wildman–Crippen MR) is 56.8 cm³/mol. The second kappa shape index (κ2) is 5.91. The van der Waals surface area contributed by atoms with Gasteiger partial charge in [0.15, 0.2) is 0 Å². The Balaban J connectivity index is 0.00000121. The molecular formula is C7H10BrClFNS.